The number of aromatic amines is 1. The van der Waals surface area contributed by atoms with Gasteiger partial charge in [0.1, 0.15) is 0 Å². The highest BCUT2D eigenvalue weighted by Crippen LogP contribution is 2.21. The number of para-hydroxylation sites is 1. The molecule has 0 aliphatic carbocycles. The van der Waals surface area contributed by atoms with Crippen molar-refractivity contribution in [2.24, 2.45) is 0 Å². The third-order valence-corrected chi connectivity index (χ3v) is 6.58. The molecule has 184 valence electrons. The topological polar surface area (TPSA) is 72.3 Å². The summed E-state index contributed by atoms with van der Waals surface area (Å²) < 4.78 is 9.09. The Morgan fingerprint density at radius 1 is 0.971 bits per heavy atom. The number of rotatable bonds is 11. The molecule has 0 unspecified atom stereocenters. The van der Waals surface area contributed by atoms with Gasteiger partial charge in [-0.2, -0.15) is 0 Å². The van der Waals surface area contributed by atoms with E-state index in [1.807, 2.05) is 42.5 Å². The van der Waals surface area contributed by atoms with Crippen LogP contribution in [0.3, 0.4) is 0 Å². The van der Waals surface area contributed by atoms with Crippen molar-refractivity contribution in [3.8, 4) is 5.69 Å². The second-order valence-electron chi connectivity index (χ2n) is 8.43. The maximum atomic E-state index is 13.6. The summed E-state index contributed by atoms with van der Waals surface area (Å²) in [7, 11) is 0. The van der Waals surface area contributed by atoms with E-state index in [1.54, 1.807) is 16.7 Å². The third kappa shape index (κ3) is 5.59. The summed E-state index contributed by atoms with van der Waals surface area (Å²) in [5.41, 5.74) is 2.18. The van der Waals surface area contributed by atoms with Crippen LogP contribution in [0.1, 0.15) is 31.5 Å². The monoisotopic (exact) mass is 494 g/mol. The highest BCUT2D eigenvalue weighted by molar-refractivity contribution is 6.32. The molecule has 0 atom stereocenters. The first kappa shape index (κ1) is 25.0. The number of halogens is 1. The second-order valence-corrected chi connectivity index (χ2v) is 8.84. The van der Waals surface area contributed by atoms with Gasteiger partial charge in [0.25, 0.3) is 11.1 Å². The van der Waals surface area contributed by atoms with E-state index in [-0.39, 0.29) is 17.7 Å². The predicted molar refractivity (Wildman–Crippen MR) is 141 cm³/mol. The highest BCUT2D eigenvalue weighted by Gasteiger charge is 2.19. The van der Waals surface area contributed by atoms with Crippen LogP contribution < -0.4 is 11.1 Å². The molecular formula is C27H31ClN4O3. The van der Waals surface area contributed by atoms with Crippen molar-refractivity contribution in [3.05, 3.63) is 97.7 Å². The molecule has 0 amide bonds. The van der Waals surface area contributed by atoms with Crippen molar-refractivity contribution in [2.45, 2.75) is 40.0 Å². The van der Waals surface area contributed by atoms with Gasteiger partial charge >= 0.3 is 0 Å². The molecule has 1 N–H and O–H groups in total. The number of benzene rings is 2. The van der Waals surface area contributed by atoms with Crippen LogP contribution >= 0.6 is 11.6 Å². The first-order valence-corrected chi connectivity index (χ1v) is 12.4. The Balaban J connectivity index is 1.74. The van der Waals surface area contributed by atoms with E-state index in [1.165, 1.54) is 10.7 Å². The van der Waals surface area contributed by atoms with Gasteiger partial charge in [-0.15, -0.1) is 0 Å². The molecule has 0 radical (unpaired) electrons. The normalized spacial score (nSPS) is 11.5. The first-order valence-electron chi connectivity index (χ1n) is 12.0. The number of ether oxygens (including phenoxy) is 1. The molecule has 0 saturated carbocycles. The highest BCUT2D eigenvalue weighted by atomic mass is 35.5. The van der Waals surface area contributed by atoms with Crippen LogP contribution in [0.5, 0.6) is 0 Å². The number of aromatic nitrogens is 3. The van der Waals surface area contributed by atoms with Gasteiger partial charge in [0.2, 0.25) is 0 Å². The average molecular weight is 495 g/mol. The Bertz CT molecular complexity index is 1390. The number of nitrogens with zero attached hydrogens (tertiary/aromatic N) is 3. The molecule has 7 nitrogen and oxygen atoms in total. The molecule has 0 spiro atoms. The number of pyridine rings is 1. The van der Waals surface area contributed by atoms with Crippen LogP contribution in [-0.2, 0) is 24.5 Å². The van der Waals surface area contributed by atoms with Crippen molar-refractivity contribution >= 4 is 22.5 Å². The Morgan fingerprint density at radius 2 is 1.69 bits per heavy atom. The molecule has 2 heterocycles. The Morgan fingerprint density at radius 3 is 2.40 bits per heavy atom. The molecule has 4 aromatic rings. The smallest absolute Gasteiger partial charge is 0.281 e. The number of fused-ring (bicyclic) bond motifs is 1. The van der Waals surface area contributed by atoms with Crippen LogP contribution in [0.25, 0.3) is 16.6 Å². The fraction of sp³-hybridized carbons (Fsp3) is 0.333. The van der Waals surface area contributed by atoms with Crippen molar-refractivity contribution < 1.29 is 4.74 Å². The van der Waals surface area contributed by atoms with E-state index in [2.05, 4.69) is 23.8 Å². The summed E-state index contributed by atoms with van der Waals surface area (Å²) in [5.74, 6) is 0. The van der Waals surface area contributed by atoms with Crippen molar-refractivity contribution in [2.75, 3.05) is 19.6 Å². The predicted octanol–water partition coefficient (Wildman–Crippen LogP) is 4.58. The first-order chi connectivity index (χ1) is 17.0. The summed E-state index contributed by atoms with van der Waals surface area (Å²) in [4.78, 5) is 29.0. The molecule has 0 saturated heterocycles. The molecule has 2 aromatic heterocycles. The number of hydrogen-bond donors (Lipinski definition) is 1. The van der Waals surface area contributed by atoms with Crippen molar-refractivity contribution in [1.82, 2.24) is 19.2 Å². The van der Waals surface area contributed by atoms with E-state index < -0.39 is 0 Å². The zero-order chi connectivity index (χ0) is 24.8. The number of nitrogens with one attached hydrogen (secondary N) is 1. The van der Waals surface area contributed by atoms with Crippen LogP contribution in [0.15, 0.2) is 70.3 Å². The third-order valence-electron chi connectivity index (χ3n) is 6.26. The van der Waals surface area contributed by atoms with Crippen LogP contribution in [0.4, 0.5) is 0 Å². The molecular weight excluding hydrogens is 464 g/mol. The number of H-pyrrole nitrogens is 1. The Labute approximate surface area is 209 Å². The van der Waals surface area contributed by atoms with Gasteiger partial charge in [-0.25, -0.2) is 4.68 Å². The minimum atomic E-state index is -0.260. The quantitative estimate of drug-likeness (QED) is 0.331. The molecule has 0 aliphatic heterocycles. The van der Waals surface area contributed by atoms with Gasteiger partial charge in [-0.3, -0.25) is 14.7 Å². The molecule has 4 rings (SSSR count). The van der Waals surface area contributed by atoms with Gasteiger partial charge in [0.15, 0.2) is 0 Å². The van der Waals surface area contributed by atoms with E-state index in [4.69, 9.17) is 16.3 Å². The van der Waals surface area contributed by atoms with E-state index >= 15 is 0 Å². The zero-order valence-electron chi connectivity index (χ0n) is 20.2. The molecule has 35 heavy (non-hydrogen) atoms. The molecule has 0 fully saturated rings. The largest absolute Gasteiger partial charge is 0.371 e. The molecule has 0 aliphatic rings. The van der Waals surface area contributed by atoms with Gasteiger partial charge in [-0.05, 0) is 43.8 Å². The Kier molecular flexibility index (Phi) is 8.23. The van der Waals surface area contributed by atoms with Gasteiger partial charge < -0.3 is 14.2 Å². The van der Waals surface area contributed by atoms with E-state index in [9.17, 15) is 9.59 Å². The lowest BCUT2D eigenvalue weighted by Gasteiger charge is -2.19. The minimum absolute atomic E-state index is 0.141. The van der Waals surface area contributed by atoms with Crippen molar-refractivity contribution in [1.29, 1.82) is 0 Å². The van der Waals surface area contributed by atoms with E-state index in [0.717, 1.165) is 31.6 Å². The van der Waals surface area contributed by atoms with Crippen LogP contribution in [-0.4, -0.2) is 38.9 Å². The van der Waals surface area contributed by atoms with Gasteiger partial charge in [0, 0.05) is 12.6 Å². The lowest BCUT2D eigenvalue weighted by molar-refractivity contribution is 0.102. The SMILES string of the molecule is CCN(CC)CCCn1c(COCc2ccccc2)c2c(=O)n(-c3ccccc3Cl)[nH]c2cc1=O. The lowest BCUT2D eigenvalue weighted by Crippen LogP contribution is -2.29. The van der Waals surface area contributed by atoms with Crippen molar-refractivity contribution in [3.63, 3.8) is 0 Å². The second kappa shape index (κ2) is 11.5. The summed E-state index contributed by atoms with van der Waals surface area (Å²) in [6.07, 6.45) is 0.794. The van der Waals surface area contributed by atoms with Gasteiger partial charge in [-0.1, -0.05) is 67.9 Å². The number of hydrogen-bond acceptors (Lipinski definition) is 4. The van der Waals surface area contributed by atoms with Gasteiger partial charge in [0.05, 0.1) is 40.5 Å². The maximum Gasteiger partial charge on any atom is 0.281 e. The zero-order valence-corrected chi connectivity index (χ0v) is 20.9. The van der Waals surface area contributed by atoms with Crippen LogP contribution in [0.2, 0.25) is 5.02 Å². The average Bonchev–Trinajstić information content (AvgIpc) is 3.19. The minimum Gasteiger partial charge on any atom is -0.371 e. The fourth-order valence-corrected chi connectivity index (χ4v) is 4.56. The Hall–Kier alpha value is -3.13. The van der Waals surface area contributed by atoms with Crippen LogP contribution in [0, 0.1) is 0 Å². The fourth-order valence-electron chi connectivity index (χ4n) is 4.34. The molecule has 0 bridgehead atoms. The van der Waals surface area contributed by atoms with E-state index in [0.29, 0.717) is 40.5 Å². The summed E-state index contributed by atoms with van der Waals surface area (Å²) in [6, 6.07) is 18.4. The molecule has 8 heteroatoms. The summed E-state index contributed by atoms with van der Waals surface area (Å²) in [5, 5.41) is 3.96. The standard InChI is InChI=1S/C27H31ClN4O3/c1-3-30(4-2)15-10-16-31-24(19-35-18-20-11-6-5-7-12-20)26-22(17-25(31)33)29-32(27(26)34)23-14-9-8-13-21(23)28/h5-9,11-14,17,29H,3-4,10,15-16,18-19H2,1-2H3. The lowest BCUT2D eigenvalue weighted by atomic mass is 10.2. The maximum absolute atomic E-state index is 13.6. The molecule has 2 aromatic carbocycles. The summed E-state index contributed by atoms with van der Waals surface area (Å²) in [6.45, 7) is 8.07. The summed E-state index contributed by atoms with van der Waals surface area (Å²) >= 11 is 6.36.